The Hall–Kier alpha value is -0.820. The molecule has 1 unspecified atom stereocenters. The average molecular weight is 268 g/mol. The number of hydrogen-bond acceptors (Lipinski definition) is 3. The van der Waals surface area contributed by atoms with Gasteiger partial charge in [0.15, 0.2) is 0 Å². The lowest BCUT2D eigenvalue weighted by molar-refractivity contribution is -0.141. The van der Waals surface area contributed by atoms with Crippen LogP contribution in [0.25, 0.3) is 0 Å². The Bertz CT molecular complexity index is 253. The Balaban J connectivity index is 1.98. The van der Waals surface area contributed by atoms with Crippen molar-refractivity contribution in [3.63, 3.8) is 0 Å². The largest absolute Gasteiger partial charge is 0.405 e. The molecule has 1 fully saturated rings. The molecule has 1 atom stereocenters. The first-order valence-corrected chi connectivity index (χ1v) is 6.12. The van der Waals surface area contributed by atoms with Gasteiger partial charge >= 0.3 is 6.18 Å². The van der Waals surface area contributed by atoms with Gasteiger partial charge in [0, 0.05) is 12.6 Å². The summed E-state index contributed by atoms with van der Waals surface area (Å²) >= 11 is 0. The van der Waals surface area contributed by atoms with Gasteiger partial charge in [-0.05, 0) is 25.8 Å². The SMILES string of the molecule is O=C(COCCC1CCCCN1)NCC(F)(F)F. The van der Waals surface area contributed by atoms with Gasteiger partial charge in [0.1, 0.15) is 13.2 Å². The Morgan fingerprint density at radius 2 is 2.17 bits per heavy atom. The highest BCUT2D eigenvalue weighted by Gasteiger charge is 2.27. The van der Waals surface area contributed by atoms with E-state index < -0.39 is 18.6 Å². The average Bonchev–Trinajstić information content (AvgIpc) is 2.33. The van der Waals surface area contributed by atoms with E-state index in [1.807, 2.05) is 0 Å². The number of piperidine rings is 1. The molecule has 0 bridgehead atoms. The lowest BCUT2D eigenvalue weighted by Gasteiger charge is -2.23. The van der Waals surface area contributed by atoms with Gasteiger partial charge in [-0.25, -0.2) is 0 Å². The maximum Gasteiger partial charge on any atom is 0.405 e. The summed E-state index contributed by atoms with van der Waals surface area (Å²) in [7, 11) is 0. The normalized spacial score (nSPS) is 20.7. The third-order valence-corrected chi connectivity index (χ3v) is 2.74. The first-order valence-electron chi connectivity index (χ1n) is 6.12. The lowest BCUT2D eigenvalue weighted by Crippen LogP contribution is -2.37. The van der Waals surface area contributed by atoms with Crippen molar-refractivity contribution in [1.82, 2.24) is 10.6 Å². The molecule has 0 aromatic rings. The number of ether oxygens (including phenoxy) is 1. The fraction of sp³-hybridized carbons (Fsp3) is 0.909. The van der Waals surface area contributed by atoms with E-state index in [0.717, 1.165) is 19.4 Å². The van der Waals surface area contributed by atoms with E-state index in [4.69, 9.17) is 4.74 Å². The summed E-state index contributed by atoms with van der Waals surface area (Å²) in [6.07, 6.45) is -0.140. The molecule has 2 N–H and O–H groups in total. The fourth-order valence-electron chi connectivity index (χ4n) is 1.81. The zero-order chi connectivity index (χ0) is 13.4. The molecule has 1 aliphatic rings. The molecule has 4 nitrogen and oxygen atoms in total. The summed E-state index contributed by atoms with van der Waals surface area (Å²) < 4.78 is 40.4. The minimum atomic E-state index is -4.37. The van der Waals surface area contributed by atoms with E-state index in [9.17, 15) is 18.0 Å². The third kappa shape index (κ3) is 7.50. The molecular weight excluding hydrogens is 249 g/mol. The topological polar surface area (TPSA) is 50.4 Å². The first kappa shape index (κ1) is 15.2. The van der Waals surface area contributed by atoms with Gasteiger partial charge in [-0.3, -0.25) is 4.79 Å². The van der Waals surface area contributed by atoms with Crippen LogP contribution in [-0.2, 0) is 9.53 Å². The standard InChI is InChI=1S/C11H19F3N2O2/c12-11(13,14)8-16-10(17)7-18-6-4-9-3-1-2-5-15-9/h9,15H,1-8H2,(H,16,17). The van der Waals surface area contributed by atoms with E-state index in [1.165, 1.54) is 12.8 Å². The molecule has 1 saturated heterocycles. The molecule has 0 saturated carbocycles. The first-order chi connectivity index (χ1) is 8.47. The van der Waals surface area contributed by atoms with Crippen molar-refractivity contribution in [1.29, 1.82) is 0 Å². The van der Waals surface area contributed by atoms with Crippen molar-refractivity contribution in [3.8, 4) is 0 Å². The van der Waals surface area contributed by atoms with Gasteiger partial charge in [-0.2, -0.15) is 13.2 Å². The highest BCUT2D eigenvalue weighted by atomic mass is 19.4. The van der Waals surface area contributed by atoms with E-state index in [0.29, 0.717) is 12.6 Å². The maximum atomic E-state index is 11.8. The van der Waals surface area contributed by atoms with Crippen molar-refractivity contribution < 1.29 is 22.7 Å². The summed E-state index contributed by atoms with van der Waals surface area (Å²) in [5, 5.41) is 5.08. The van der Waals surface area contributed by atoms with Crippen LogP contribution in [0, 0.1) is 0 Å². The van der Waals surface area contributed by atoms with Crippen molar-refractivity contribution in [2.24, 2.45) is 0 Å². The van der Waals surface area contributed by atoms with Gasteiger partial charge in [0.25, 0.3) is 0 Å². The number of halogens is 3. The molecule has 0 aromatic carbocycles. The monoisotopic (exact) mass is 268 g/mol. The summed E-state index contributed by atoms with van der Waals surface area (Å²) in [6.45, 7) is -0.240. The minimum absolute atomic E-state index is 0.317. The van der Waals surface area contributed by atoms with Crippen LogP contribution >= 0.6 is 0 Å². The molecule has 106 valence electrons. The number of rotatable bonds is 6. The van der Waals surface area contributed by atoms with Gasteiger partial charge < -0.3 is 15.4 Å². The summed E-state index contributed by atoms with van der Waals surface area (Å²) in [4.78, 5) is 11.0. The van der Waals surface area contributed by atoms with Gasteiger partial charge in [-0.15, -0.1) is 0 Å². The Morgan fingerprint density at radius 1 is 1.39 bits per heavy atom. The van der Waals surface area contributed by atoms with Crippen LogP contribution < -0.4 is 10.6 Å². The van der Waals surface area contributed by atoms with Crippen LogP contribution in [0.15, 0.2) is 0 Å². The van der Waals surface area contributed by atoms with E-state index >= 15 is 0 Å². The van der Waals surface area contributed by atoms with Crippen molar-refractivity contribution >= 4 is 5.91 Å². The van der Waals surface area contributed by atoms with Crippen molar-refractivity contribution in [2.45, 2.75) is 37.9 Å². The summed E-state index contributed by atoms with van der Waals surface area (Å²) in [5.41, 5.74) is 0. The van der Waals surface area contributed by atoms with Crippen LogP contribution in [-0.4, -0.2) is 44.4 Å². The fourth-order valence-corrected chi connectivity index (χ4v) is 1.81. The van der Waals surface area contributed by atoms with Gasteiger partial charge in [0.05, 0.1) is 0 Å². The molecule has 0 aliphatic carbocycles. The molecule has 1 heterocycles. The second-order valence-electron chi connectivity index (χ2n) is 4.38. The van der Waals surface area contributed by atoms with Crippen LogP contribution in [0.4, 0.5) is 13.2 Å². The number of hydrogen-bond donors (Lipinski definition) is 2. The molecule has 1 aliphatic heterocycles. The number of alkyl halides is 3. The predicted molar refractivity (Wildman–Crippen MR) is 60.1 cm³/mol. The molecule has 1 amide bonds. The van der Waals surface area contributed by atoms with Crippen LogP contribution in [0.2, 0.25) is 0 Å². The number of carbonyl (C=O) groups excluding carboxylic acids is 1. The summed E-state index contributed by atoms with van der Waals surface area (Å²) in [6, 6.07) is 0.400. The van der Waals surface area contributed by atoms with Gasteiger partial charge in [-0.1, -0.05) is 6.42 Å². The molecule has 0 spiro atoms. The van der Waals surface area contributed by atoms with Crippen LogP contribution in [0.1, 0.15) is 25.7 Å². The third-order valence-electron chi connectivity index (χ3n) is 2.74. The Morgan fingerprint density at radius 3 is 2.78 bits per heavy atom. The number of nitrogens with one attached hydrogen (secondary N) is 2. The lowest BCUT2D eigenvalue weighted by atomic mass is 10.0. The molecule has 18 heavy (non-hydrogen) atoms. The zero-order valence-electron chi connectivity index (χ0n) is 10.2. The van der Waals surface area contributed by atoms with Gasteiger partial charge in [0.2, 0.25) is 5.91 Å². The highest BCUT2D eigenvalue weighted by molar-refractivity contribution is 5.77. The number of carbonyl (C=O) groups is 1. The summed E-state index contributed by atoms with van der Waals surface area (Å²) in [5.74, 6) is -0.732. The second kappa shape index (κ2) is 7.58. The molecule has 0 radical (unpaired) electrons. The Labute approximate surface area is 104 Å². The van der Waals surface area contributed by atoms with E-state index in [1.54, 1.807) is 5.32 Å². The van der Waals surface area contributed by atoms with E-state index in [-0.39, 0.29) is 6.61 Å². The van der Waals surface area contributed by atoms with Crippen LogP contribution in [0.3, 0.4) is 0 Å². The van der Waals surface area contributed by atoms with Crippen molar-refractivity contribution in [3.05, 3.63) is 0 Å². The quantitative estimate of drug-likeness (QED) is 0.712. The second-order valence-corrected chi connectivity index (χ2v) is 4.38. The Kier molecular flexibility index (Phi) is 6.42. The minimum Gasteiger partial charge on any atom is -0.372 e. The molecule has 0 aromatic heterocycles. The number of amides is 1. The maximum absolute atomic E-state index is 11.8. The molecular formula is C11H19F3N2O2. The van der Waals surface area contributed by atoms with E-state index in [2.05, 4.69) is 5.32 Å². The molecule has 1 rings (SSSR count). The van der Waals surface area contributed by atoms with Crippen molar-refractivity contribution in [2.75, 3.05) is 26.3 Å². The predicted octanol–water partition coefficient (Wildman–Crippen LogP) is 1.21. The van der Waals surface area contributed by atoms with Crippen LogP contribution in [0.5, 0.6) is 0 Å². The zero-order valence-corrected chi connectivity index (χ0v) is 10.2. The highest BCUT2D eigenvalue weighted by Crippen LogP contribution is 2.12. The smallest absolute Gasteiger partial charge is 0.372 e. The molecule has 7 heteroatoms.